The van der Waals surface area contributed by atoms with Crippen LogP contribution < -0.4 is 14.8 Å². The standard InChI is InChI=1S/C50H60F4N8O7S/c1-30-26-59(48(65)37(24-43(63)31(2)55-3)32-6-12-50(53,54)13-7-32)18-19-60(30)49(66)42-22-33-21-38(51)39(52)25-41(33)62(42)28-46(64)61-15-4-5-34(61)29-67-45-23-36(69-57-45)27-58-16-9-35(10-17-58)68-44-8-14-56-40-11-20-70-47(40)44/h8,11,14,20-23,25,30-32,34-35,37,55H,4-7,9-10,12-13,15-19,24,26-29H2,1-3H3/t30-,31-,34-,37-/m0/s1. The Bertz CT molecular complexity index is 2690. The molecule has 3 saturated heterocycles. The van der Waals surface area contributed by atoms with E-state index in [2.05, 4.69) is 20.4 Å². The Morgan fingerprint density at radius 3 is 2.49 bits per heavy atom. The van der Waals surface area contributed by atoms with Gasteiger partial charge in [-0.05, 0) is 100 Å². The van der Waals surface area contributed by atoms with Crippen LogP contribution in [0.3, 0.4) is 0 Å². The van der Waals surface area contributed by atoms with E-state index in [1.54, 1.807) is 59.2 Å². The van der Waals surface area contributed by atoms with Gasteiger partial charge in [-0.15, -0.1) is 11.3 Å². The summed E-state index contributed by atoms with van der Waals surface area (Å²) >= 11 is 1.62. The largest absolute Gasteiger partial charge is 0.489 e. The van der Waals surface area contributed by atoms with Gasteiger partial charge in [-0.2, -0.15) is 0 Å². The average Bonchev–Trinajstić information content (AvgIpc) is 4.18. The molecule has 3 aliphatic heterocycles. The lowest BCUT2D eigenvalue weighted by atomic mass is 9.75. The molecule has 7 heterocycles. The number of rotatable bonds is 16. The topological polar surface area (TPSA) is 156 Å². The molecule has 70 heavy (non-hydrogen) atoms. The van der Waals surface area contributed by atoms with Gasteiger partial charge in [0.05, 0.1) is 34.4 Å². The number of fused-ring (bicyclic) bond motifs is 2. The fourth-order valence-electron chi connectivity index (χ4n) is 10.6. The summed E-state index contributed by atoms with van der Waals surface area (Å²) in [6.45, 7) is 6.22. The zero-order valence-corrected chi connectivity index (χ0v) is 40.5. The highest BCUT2D eigenvalue weighted by Crippen LogP contribution is 2.41. The lowest BCUT2D eigenvalue weighted by molar-refractivity contribution is -0.144. The number of hydrogen-bond donors (Lipinski definition) is 1. The Labute approximate surface area is 407 Å². The van der Waals surface area contributed by atoms with Gasteiger partial charge in [-0.3, -0.25) is 29.1 Å². The monoisotopic (exact) mass is 992 g/mol. The minimum Gasteiger partial charge on any atom is -0.489 e. The smallest absolute Gasteiger partial charge is 0.270 e. The molecule has 4 atom stereocenters. The van der Waals surface area contributed by atoms with Crippen LogP contribution in [0.5, 0.6) is 11.6 Å². The summed E-state index contributed by atoms with van der Waals surface area (Å²) in [4.78, 5) is 67.6. The molecule has 15 nitrogen and oxygen atoms in total. The van der Waals surface area contributed by atoms with Crippen molar-refractivity contribution in [3.8, 4) is 11.6 Å². The zero-order chi connectivity index (χ0) is 49.3. The second-order valence-electron chi connectivity index (χ2n) is 19.4. The lowest BCUT2D eigenvalue weighted by Gasteiger charge is -2.42. The number of likely N-dealkylation sites (tertiary alicyclic amines) is 2. The van der Waals surface area contributed by atoms with Crippen LogP contribution in [0.4, 0.5) is 17.6 Å². The highest BCUT2D eigenvalue weighted by molar-refractivity contribution is 7.17. The van der Waals surface area contributed by atoms with Gasteiger partial charge in [0.15, 0.2) is 17.4 Å². The fraction of sp³-hybridized carbons (Fsp3) is 0.560. The van der Waals surface area contributed by atoms with Crippen LogP contribution in [0.15, 0.2) is 52.5 Å². The van der Waals surface area contributed by atoms with E-state index < -0.39 is 41.5 Å². The van der Waals surface area contributed by atoms with Crippen molar-refractivity contribution in [2.75, 3.05) is 52.9 Å². The molecule has 0 unspecified atom stereocenters. The fourth-order valence-corrected chi connectivity index (χ4v) is 11.4. The quantitative estimate of drug-likeness (QED) is 0.0990. The number of amides is 3. The van der Waals surface area contributed by atoms with Gasteiger partial charge < -0.3 is 38.6 Å². The van der Waals surface area contributed by atoms with Gasteiger partial charge in [-0.1, -0.05) is 0 Å². The zero-order valence-electron chi connectivity index (χ0n) is 39.7. The van der Waals surface area contributed by atoms with E-state index in [1.807, 2.05) is 17.5 Å². The van der Waals surface area contributed by atoms with E-state index in [9.17, 15) is 36.7 Å². The average molecular weight is 993 g/mol. The number of piperidine rings is 1. The summed E-state index contributed by atoms with van der Waals surface area (Å²) in [5.41, 5.74) is 1.16. The molecule has 0 spiro atoms. The Balaban J connectivity index is 0.818. The summed E-state index contributed by atoms with van der Waals surface area (Å²) < 4.78 is 78.4. The lowest BCUT2D eigenvalue weighted by Crippen LogP contribution is -2.57. The SMILES string of the molecule is CN[C@@H](C)C(=O)C[C@H](C(=O)N1CCN(C(=O)c2cc3cc(F)c(F)cc3n2CC(=O)N2CCC[C@H]2COc2cc(CN3CCC(Oc4ccnc5ccsc45)CC3)on2)[C@@H](C)C1)C1CCC(F)(F)CC1. The van der Waals surface area contributed by atoms with Crippen LogP contribution in [0.2, 0.25) is 0 Å². The molecule has 376 valence electrons. The molecule has 1 N–H and O–H groups in total. The Kier molecular flexibility index (Phi) is 14.8. The number of piperazine rings is 1. The van der Waals surface area contributed by atoms with Gasteiger partial charge in [0.1, 0.15) is 36.5 Å². The first-order chi connectivity index (χ1) is 33.6. The van der Waals surface area contributed by atoms with E-state index in [0.717, 1.165) is 54.0 Å². The third-order valence-corrected chi connectivity index (χ3v) is 15.7. The van der Waals surface area contributed by atoms with Crippen molar-refractivity contribution in [2.24, 2.45) is 11.8 Å². The number of ketones is 1. The third-order valence-electron chi connectivity index (χ3n) is 14.8. The molecule has 5 aromatic rings. The van der Waals surface area contributed by atoms with Crippen molar-refractivity contribution >= 4 is 56.0 Å². The van der Waals surface area contributed by atoms with Gasteiger partial charge in [0, 0.05) is 94.2 Å². The molecule has 1 aromatic carbocycles. The van der Waals surface area contributed by atoms with Gasteiger partial charge >= 0.3 is 0 Å². The van der Waals surface area contributed by atoms with Crippen LogP contribution in [0.1, 0.15) is 87.9 Å². The maximum Gasteiger partial charge on any atom is 0.270 e. The van der Waals surface area contributed by atoms with Crippen molar-refractivity contribution < 1.29 is 50.7 Å². The summed E-state index contributed by atoms with van der Waals surface area (Å²) in [7, 11) is 1.64. The molecule has 1 saturated carbocycles. The first kappa shape index (κ1) is 49.4. The molecule has 0 radical (unpaired) electrons. The molecule has 9 rings (SSSR count). The van der Waals surface area contributed by atoms with E-state index in [-0.39, 0.29) is 117 Å². The van der Waals surface area contributed by atoms with Crippen molar-refractivity contribution in [1.82, 2.24) is 39.6 Å². The van der Waals surface area contributed by atoms with E-state index in [0.29, 0.717) is 37.6 Å². The minimum absolute atomic E-state index is 0.0556. The second kappa shape index (κ2) is 21.0. The number of thiophene rings is 1. The number of halogens is 4. The number of carbonyl (C=O) groups is 4. The molecule has 3 amide bonds. The number of pyridine rings is 1. The molecule has 1 aliphatic carbocycles. The molecular formula is C50H60F4N8O7S. The molecular weight excluding hydrogens is 933 g/mol. The van der Waals surface area contributed by atoms with Gasteiger partial charge in [0.2, 0.25) is 17.7 Å². The van der Waals surface area contributed by atoms with Crippen LogP contribution >= 0.6 is 11.3 Å². The number of nitrogens with zero attached hydrogens (tertiary/aromatic N) is 7. The van der Waals surface area contributed by atoms with Gasteiger partial charge in [-0.25, -0.2) is 17.6 Å². The molecule has 0 bridgehead atoms. The number of Topliss-reactive ketones (excluding diaryl/α,β-unsaturated/α-hetero) is 1. The summed E-state index contributed by atoms with van der Waals surface area (Å²) in [6, 6.07) is 7.72. The Hall–Kier alpha value is -5.60. The van der Waals surface area contributed by atoms with Crippen LogP contribution in [0, 0.1) is 23.5 Å². The van der Waals surface area contributed by atoms with E-state index in [1.165, 1.54) is 10.6 Å². The molecule has 4 fully saturated rings. The Morgan fingerprint density at radius 1 is 0.957 bits per heavy atom. The van der Waals surface area contributed by atoms with Gasteiger partial charge in [0.25, 0.3) is 11.8 Å². The maximum absolute atomic E-state index is 14.9. The Morgan fingerprint density at radius 2 is 1.73 bits per heavy atom. The van der Waals surface area contributed by atoms with Crippen molar-refractivity contribution in [2.45, 2.75) is 115 Å². The van der Waals surface area contributed by atoms with Crippen molar-refractivity contribution in [1.29, 1.82) is 0 Å². The highest BCUT2D eigenvalue weighted by Gasteiger charge is 2.43. The number of ether oxygens (including phenoxy) is 2. The maximum atomic E-state index is 14.9. The number of alkyl halides is 2. The first-order valence-corrected chi connectivity index (χ1v) is 25.3. The number of benzene rings is 1. The van der Waals surface area contributed by atoms with Crippen LogP contribution in [-0.4, -0.2) is 141 Å². The number of likely N-dealkylation sites (N-methyl/N-ethyl adjacent to an activating group) is 1. The number of aromatic nitrogens is 3. The predicted octanol–water partition coefficient (Wildman–Crippen LogP) is 7.31. The normalized spacial score (nSPS) is 21.4. The van der Waals surface area contributed by atoms with E-state index in [4.69, 9.17) is 14.0 Å². The van der Waals surface area contributed by atoms with Crippen molar-refractivity contribution in [3.05, 3.63) is 71.1 Å². The molecule has 4 aromatic heterocycles. The second-order valence-corrected chi connectivity index (χ2v) is 20.3. The summed E-state index contributed by atoms with van der Waals surface area (Å²) in [5.74, 6) is -5.69. The highest BCUT2D eigenvalue weighted by atomic mass is 32.1. The number of nitrogens with one attached hydrogen (secondary N) is 1. The predicted molar refractivity (Wildman–Crippen MR) is 253 cm³/mol. The number of hydrogen-bond acceptors (Lipinski definition) is 12. The first-order valence-electron chi connectivity index (χ1n) is 24.4. The summed E-state index contributed by atoms with van der Waals surface area (Å²) in [5, 5.41) is 9.29. The molecule has 4 aliphatic rings. The minimum atomic E-state index is -2.80. The number of carbonyl (C=O) groups excluding carboxylic acids is 4. The van der Waals surface area contributed by atoms with E-state index >= 15 is 0 Å². The summed E-state index contributed by atoms with van der Waals surface area (Å²) in [6.07, 6.45) is 4.42. The third kappa shape index (κ3) is 10.8. The van der Waals surface area contributed by atoms with Crippen LogP contribution in [-0.2, 0) is 27.5 Å². The van der Waals surface area contributed by atoms with Crippen molar-refractivity contribution in [3.63, 3.8) is 0 Å². The van der Waals surface area contributed by atoms with Crippen LogP contribution in [0.25, 0.3) is 21.1 Å². The molecule has 20 heteroatoms.